The summed E-state index contributed by atoms with van der Waals surface area (Å²) in [5, 5.41) is 4.83. The predicted molar refractivity (Wildman–Crippen MR) is 102 cm³/mol. The minimum atomic E-state index is -0.375. The van der Waals surface area contributed by atoms with Gasteiger partial charge in [-0.2, -0.15) is 0 Å². The van der Waals surface area contributed by atoms with E-state index < -0.39 is 0 Å². The van der Waals surface area contributed by atoms with Crippen LogP contribution in [0.25, 0.3) is 0 Å². The van der Waals surface area contributed by atoms with Crippen molar-refractivity contribution in [3.63, 3.8) is 0 Å². The third-order valence-electron chi connectivity index (χ3n) is 3.88. The van der Waals surface area contributed by atoms with Crippen LogP contribution in [0.5, 0.6) is 5.75 Å². The zero-order valence-electron chi connectivity index (χ0n) is 15.0. The number of thiazole rings is 1. The van der Waals surface area contributed by atoms with Gasteiger partial charge in [0, 0.05) is 24.5 Å². The monoisotopic (exact) mass is 385 g/mol. The number of rotatable bonds is 7. The number of hydrogen-bond donors (Lipinski definition) is 1. The first-order valence-electron chi connectivity index (χ1n) is 8.22. The van der Waals surface area contributed by atoms with Crippen LogP contribution in [0.3, 0.4) is 0 Å². The second-order valence-electron chi connectivity index (χ2n) is 5.81. The first kappa shape index (κ1) is 18.7. The molecule has 140 valence electrons. The van der Waals surface area contributed by atoms with Crippen molar-refractivity contribution in [1.82, 2.24) is 9.88 Å². The van der Waals surface area contributed by atoms with Crippen molar-refractivity contribution >= 4 is 28.3 Å². The molecule has 0 atom stereocenters. The molecule has 27 heavy (non-hydrogen) atoms. The van der Waals surface area contributed by atoms with Gasteiger partial charge in [-0.1, -0.05) is 18.2 Å². The molecule has 3 rings (SSSR count). The molecule has 0 saturated heterocycles. The fourth-order valence-corrected chi connectivity index (χ4v) is 3.18. The number of furan rings is 1. The lowest BCUT2D eigenvalue weighted by Crippen LogP contribution is -2.28. The number of likely N-dealkylation sites (N-methyl/N-ethyl adjacent to an activating group) is 1. The number of benzene rings is 1. The third kappa shape index (κ3) is 4.73. The van der Waals surface area contributed by atoms with Gasteiger partial charge in [0.05, 0.1) is 25.5 Å². The standard InChI is InChI=1S/C19H19N3O4S/c1-22(11-13-6-3-4-7-15(13)25-2)17(23)10-14-12-27-19(20-14)21-18(24)16-8-5-9-26-16/h3-9,12H,10-11H2,1-2H3,(H,20,21,24). The van der Waals surface area contributed by atoms with Gasteiger partial charge in [0.25, 0.3) is 5.91 Å². The van der Waals surface area contributed by atoms with Gasteiger partial charge in [0.15, 0.2) is 10.9 Å². The lowest BCUT2D eigenvalue weighted by Gasteiger charge is -2.18. The highest BCUT2D eigenvalue weighted by atomic mass is 32.1. The molecule has 0 aliphatic carbocycles. The van der Waals surface area contributed by atoms with Crippen LogP contribution in [0.2, 0.25) is 0 Å². The SMILES string of the molecule is COc1ccccc1CN(C)C(=O)Cc1csc(NC(=O)c2ccco2)n1. The fraction of sp³-hybridized carbons (Fsp3) is 0.211. The quantitative estimate of drug-likeness (QED) is 0.675. The molecule has 0 aliphatic heterocycles. The van der Waals surface area contributed by atoms with Crippen LogP contribution in [-0.4, -0.2) is 35.9 Å². The van der Waals surface area contributed by atoms with Gasteiger partial charge >= 0.3 is 0 Å². The zero-order valence-corrected chi connectivity index (χ0v) is 15.8. The van der Waals surface area contributed by atoms with Crippen molar-refractivity contribution in [2.24, 2.45) is 0 Å². The largest absolute Gasteiger partial charge is 0.496 e. The van der Waals surface area contributed by atoms with Gasteiger partial charge in [0.2, 0.25) is 5.91 Å². The third-order valence-corrected chi connectivity index (χ3v) is 4.68. The Kier molecular flexibility index (Phi) is 5.87. The summed E-state index contributed by atoms with van der Waals surface area (Å²) in [6.45, 7) is 0.440. The molecule has 3 aromatic rings. The van der Waals surface area contributed by atoms with Crippen LogP contribution < -0.4 is 10.1 Å². The summed E-state index contributed by atoms with van der Waals surface area (Å²) in [6.07, 6.45) is 1.58. The van der Waals surface area contributed by atoms with Crippen molar-refractivity contribution in [3.8, 4) is 5.75 Å². The van der Waals surface area contributed by atoms with E-state index in [9.17, 15) is 9.59 Å². The minimum absolute atomic E-state index is 0.0740. The second kappa shape index (κ2) is 8.50. The van der Waals surface area contributed by atoms with E-state index in [2.05, 4.69) is 10.3 Å². The molecule has 7 nitrogen and oxygen atoms in total. The number of carbonyl (C=O) groups excluding carboxylic acids is 2. The summed E-state index contributed by atoms with van der Waals surface area (Å²) in [4.78, 5) is 30.4. The van der Waals surface area contributed by atoms with Crippen LogP contribution in [0, 0.1) is 0 Å². The number of nitrogens with one attached hydrogen (secondary N) is 1. The number of nitrogens with zero attached hydrogens (tertiary/aromatic N) is 2. The lowest BCUT2D eigenvalue weighted by atomic mass is 10.2. The first-order valence-corrected chi connectivity index (χ1v) is 9.10. The topological polar surface area (TPSA) is 84.7 Å². The number of anilines is 1. The van der Waals surface area contributed by atoms with Gasteiger partial charge < -0.3 is 14.1 Å². The van der Waals surface area contributed by atoms with Crippen molar-refractivity contribution in [2.45, 2.75) is 13.0 Å². The minimum Gasteiger partial charge on any atom is -0.496 e. The van der Waals surface area contributed by atoms with E-state index in [4.69, 9.17) is 9.15 Å². The highest BCUT2D eigenvalue weighted by Crippen LogP contribution is 2.20. The molecule has 0 radical (unpaired) electrons. The molecular weight excluding hydrogens is 366 g/mol. The maximum absolute atomic E-state index is 12.5. The van der Waals surface area contributed by atoms with Gasteiger partial charge in [-0.15, -0.1) is 11.3 Å². The van der Waals surface area contributed by atoms with Crippen molar-refractivity contribution < 1.29 is 18.7 Å². The predicted octanol–water partition coefficient (Wildman–Crippen LogP) is 3.20. The van der Waals surface area contributed by atoms with Crippen molar-refractivity contribution in [2.75, 3.05) is 19.5 Å². The number of ether oxygens (including phenoxy) is 1. The summed E-state index contributed by atoms with van der Waals surface area (Å²) < 4.78 is 10.4. The molecule has 8 heteroatoms. The zero-order chi connectivity index (χ0) is 19.2. The molecule has 2 amide bonds. The van der Waals surface area contributed by atoms with Crippen LogP contribution in [0.4, 0.5) is 5.13 Å². The molecule has 0 aliphatic rings. The highest BCUT2D eigenvalue weighted by molar-refractivity contribution is 7.14. The lowest BCUT2D eigenvalue weighted by molar-refractivity contribution is -0.129. The average molecular weight is 385 g/mol. The van der Waals surface area contributed by atoms with E-state index in [0.29, 0.717) is 17.4 Å². The first-order chi connectivity index (χ1) is 13.1. The van der Waals surface area contributed by atoms with Crippen molar-refractivity contribution in [1.29, 1.82) is 0 Å². The van der Waals surface area contributed by atoms with E-state index in [1.54, 1.807) is 36.6 Å². The van der Waals surface area contributed by atoms with E-state index in [-0.39, 0.29) is 24.0 Å². The Morgan fingerprint density at radius 2 is 2.07 bits per heavy atom. The second-order valence-corrected chi connectivity index (χ2v) is 6.67. The van der Waals surface area contributed by atoms with Crippen LogP contribution in [0.1, 0.15) is 21.8 Å². The van der Waals surface area contributed by atoms with Crippen molar-refractivity contribution in [3.05, 3.63) is 65.1 Å². The number of methoxy groups -OCH3 is 1. The molecule has 0 spiro atoms. The Morgan fingerprint density at radius 1 is 1.26 bits per heavy atom. The summed E-state index contributed by atoms with van der Waals surface area (Å²) in [5.41, 5.74) is 1.53. The average Bonchev–Trinajstić information content (AvgIpc) is 3.34. The van der Waals surface area contributed by atoms with E-state index in [0.717, 1.165) is 11.3 Å². The van der Waals surface area contributed by atoms with Gasteiger partial charge in [-0.05, 0) is 18.2 Å². The number of para-hydroxylation sites is 1. The van der Waals surface area contributed by atoms with Crippen LogP contribution >= 0.6 is 11.3 Å². The summed E-state index contributed by atoms with van der Waals surface area (Å²) in [6, 6.07) is 10.8. The van der Waals surface area contributed by atoms with Gasteiger partial charge in [-0.3, -0.25) is 14.9 Å². The van der Waals surface area contributed by atoms with E-state index in [1.165, 1.54) is 17.6 Å². The molecule has 1 aromatic carbocycles. The molecule has 0 fully saturated rings. The number of hydrogen-bond acceptors (Lipinski definition) is 6. The molecular formula is C19H19N3O4S. The molecule has 1 N–H and O–H groups in total. The molecule has 0 saturated carbocycles. The molecule has 0 bridgehead atoms. The van der Waals surface area contributed by atoms with Gasteiger partial charge in [-0.25, -0.2) is 4.98 Å². The maximum Gasteiger partial charge on any atom is 0.293 e. The Morgan fingerprint density at radius 3 is 2.81 bits per heavy atom. The Balaban J connectivity index is 1.58. The van der Waals surface area contributed by atoms with Crippen LogP contribution in [-0.2, 0) is 17.8 Å². The van der Waals surface area contributed by atoms with Crippen LogP contribution in [0.15, 0.2) is 52.5 Å². The summed E-state index contributed by atoms with van der Waals surface area (Å²) in [5.74, 6) is 0.503. The number of carbonyl (C=O) groups is 2. The van der Waals surface area contributed by atoms with E-state index in [1.807, 2.05) is 24.3 Å². The van der Waals surface area contributed by atoms with Gasteiger partial charge in [0.1, 0.15) is 5.75 Å². The number of amides is 2. The smallest absolute Gasteiger partial charge is 0.293 e. The molecule has 2 aromatic heterocycles. The Labute approximate surface area is 160 Å². The number of aromatic nitrogens is 1. The summed E-state index contributed by atoms with van der Waals surface area (Å²) >= 11 is 1.26. The summed E-state index contributed by atoms with van der Waals surface area (Å²) in [7, 11) is 3.34. The highest BCUT2D eigenvalue weighted by Gasteiger charge is 2.16. The maximum atomic E-state index is 12.5. The normalized spacial score (nSPS) is 10.4. The Hall–Kier alpha value is -3.13. The molecule has 0 unspecified atom stereocenters. The fourth-order valence-electron chi connectivity index (χ4n) is 2.48. The Bertz CT molecular complexity index is 921. The van der Waals surface area contributed by atoms with E-state index >= 15 is 0 Å². The molecule has 2 heterocycles.